The number of carbonyl (C=O) groups is 3. The fourth-order valence-corrected chi connectivity index (χ4v) is 11.5. The minimum atomic E-state index is -0.644. The Hall–Kier alpha value is -2.22. The molecule has 6 rings (SSSR count). The Labute approximate surface area is 240 Å². The number of hydrogen-bond donors (Lipinski definition) is 0. The molecular formula is C35H48N2O3. The van der Waals surface area contributed by atoms with Crippen LogP contribution in [0.2, 0.25) is 0 Å². The molecule has 216 valence electrons. The molecule has 0 aromatic rings. The first kappa shape index (κ1) is 27.9. The zero-order valence-corrected chi connectivity index (χ0v) is 25.7. The molecule has 1 saturated heterocycles. The predicted molar refractivity (Wildman–Crippen MR) is 155 cm³/mol. The van der Waals surface area contributed by atoms with Crippen LogP contribution < -0.4 is 0 Å². The third-order valence-electron chi connectivity index (χ3n) is 14.1. The molecule has 0 bridgehead atoms. The normalized spacial score (nSPS) is 47.8. The van der Waals surface area contributed by atoms with Crippen LogP contribution in [0.25, 0.3) is 0 Å². The van der Waals surface area contributed by atoms with Crippen molar-refractivity contribution < 1.29 is 14.4 Å². The molecule has 1 aliphatic heterocycles. The van der Waals surface area contributed by atoms with Gasteiger partial charge in [-0.05, 0) is 90.9 Å². The van der Waals surface area contributed by atoms with Gasteiger partial charge in [-0.3, -0.25) is 14.4 Å². The molecule has 4 fully saturated rings. The zero-order valence-electron chi connectivity index (χ0n) is 25.7. The summed E-state index contributed by atoms with van der Waals surface area (Å²) in [5, 5.41) is 9.94. The lowest BCUT2D eigenvalue weighted by molar-refractivity contribution is -0.180. The second kappa shape index (κ2) is 8.65. The maximum atomic E-state index is 14.7. The highest BCUT2D eigenvalue weighted by atomic mass is 16.2. The number of nitrogens with zero attached hydrogens (tertiary/aromatic N) is 2. The Balaban J connectivity index is 1.49. The summed E-state index contributed by atoms with van der Waals surface area (Å²) in [4.78, 5) is 42.9. The number of nitriles is 1. The smallest absolute Gasteiger partial charge is 0.222 e. The summed E-state index contributed by atoms with van der Waals surface area (Å²) in [6.45, 7) is 17.4. The van der Waals surface area contributed by atoms with E-state index >= 15 is 0 Å². The van der Waals surface area contributed by atoms with Crippen LogP contribution in [-0.2, 0) is 14.4 Å². The summed E-state index contributed by atoms with van der Waals surface area (Å²) in [7, 11) is 0. The number of allylic oxidation sites excluding steroid dienone is 4. The van der Waals surface area contributed by atoms with Gasteiger partial charge >= 0.3 is 0 Å². The Morgan fingerprint density at radius 2 is 1.73 bits per heavy atom. The molecule has 3 saturated carbocycles. The summed E-state index contributed by atoms with van der Waals surface area (Å²) >= 11 is 0. The van der Waals surface area contributed by atoms with Gasteiger partial charge in [0.15, 0.2) is 11.6 Å². The van der Waals surface area contributed by atoms with Crippen LogP contribution in [0.15, 0.2) is 23.3 Å². The highest BCUT2D eigenvalue weighted by molar-refractivity contribution is 6.04. The van der Waals surface area contributed by atoms with Crippen molar-refractivity contribution in [1.29, 1.82) is 5.26 Å². The minimum absolute atomic E-state index is 0.00169. The number of likely N-dealkylation sites (tertiary alicyclic amines) is 1. The van der Waals surface area contributed by atoms with Crippen molar-refractivity contribution in [2.24, 2.45) is 56.7 Å². The minimum Gasteiger partial charge on any atom is -0.342 e. The molecule has 5 aliphatic carbocycles. The van der Waals surface area contributed by atoms with Gasteiger partial charge in [-0.15, -0.1) is 0 Å². The lowest BCUT2D eigenvalue weighted by Crippen LogP contribution is -2.66. The first-order valence-corrected chi connectivity index (χ1v) is 15.9. The molecule has 5 heteroatoms. The predicted octanol–water partition coefficient (Wildman–Crippen LogP) is 6.68. The van der Waals surface area contributed by atoms with Gasteiger partial charge in [0.1, 0.15) is 6.07 Å². The molecule has 0 N–H and O–H groups in total. The summed E-state index contributed by atoms with van der Waals surface area (Å²) in [5.74, 6) is 1.71. The van der Waals surface area contributed by atoms with Gasteiger partial charge in [-0.25, -0.2) is 0 Å². The Morgan fingerprint density at radius 1 is 1.00 bits per heavy atom. The quantitative estimate of drug-likeness (QED) is 0.388. The number of fused-ring (bicyclic) bond motifs is 7. The van der Waals surface area contributed by atoms with Crippen molar-refractivity contribution in [2.75, 3.05) is 13.1 Å². The number of carbonyl (C=O) groups excluding carboxylic acids is 3. The second-order valence-electron chi connectivity index (χ2n) is 16.0. The monoisotopic (exact) mass is 544 g/mol. The van der Waals surface area contributed by atoms with E-state index in [0.717, 1.165) is 57.2 Å². The van der Waals surface area contributed by atoms with E-state index < -0.39 is 10.8 Å². The first-order valence-electron chi connectivity index (χ1n) is 15.9. The molecule has 0 spiro atoms. The molecule has 1 amide bonds. The van der Waals surface area contributed by atoms with Crippen molar-refractivity contribution in [3.05, 3.63) is 23.3 Å². The summed E-state index contributed by atoms with van der Waals surface area (Å²) in [6, 6.07) is 2.21. The average molecular weight is 545 g/mol. The second-order valence-corrected chi connectivity index (χ2v) is 16.0. The van der Waals surface area contributed by atoms with Crippen LogP contribution in [-0.4, -0.2) is 35.5 Å². The Kier molecular flexibility index (Phi) is 6.04. The number of hydrogen-bond acceptors (Lipinski definition) is 4. The van der Waals surface area contributed by atoms with E-state index in [9.17, 15) is 19.6 Å². The standard InChI is InChI=1S/C35H48N2O3/c1-21-10-13-35(20-37-16-8-9-27(37)39)15-14-34(7)29(28(35)22(21)2)24(38)17-26-32(5)18-23(19-36)30(40)31(3,4)25(32)11-12-33(26,34)6/h17-18,21-22,25,28-29H,8-16,20H2,1-7H3/t21-,22+,25+,28+,29-,32+,33-,34-,35-/m1/s1. The van der Waals surface area contributed by atoms with Crippen molar-refractivity contribution >= 4 is 17.5 Å². The van der Waals surface area contributed by atoms with Crippen molar-refractivity contribution in [2.45, 2.75) is 99.8 Å². The van der Waals surface area contributed by atoms with Crippen molar-refractivity contribution in [3.8, 4) is 6.07 Å². The van der Waals surface area contributed by atoms with Crippen LogP contribution in [0.5, 0.6) is 0 Å². The van der Waals surface area contributed by atoms with Crippen molar-refractivity contribution in [1.82, 2.24) is 4.90 Å². The van der Waals surface area contributed by atoms with Gasteiger partial charge in [-0.1, -0.05) is 60.1 Å². The van der Waals surface area contributed by atoms with E-state index in [2.05, 4.69) is 45.6 Å². The van der Waals surface area contributed by atoms with Crippen LogP contribution >= 0.6 is 0 Å². The van der Waals surface area contributed by atoms with Gasteiger partial charge in [0.05, 0.1) is 5.57 Å². The molecule has 5 nitrogen and oxygen atoms in total. The third kappa shape index (κ3) is 3.34. The fraction of sp³-hybridized carbons (Fsp3) is 0.771. The van der Waals surface area contributed by atoms with Gasteiger partial charge in [0, 0.05) is 36.3 Å². The number of rotatable bonds is 2. The lowest BCUT2D eigenvalue weighted by atomic mass is 9.34. The number of amides is 1. The average Bonchev–Trinajstić information content (AvgIpc) is 3.30. The Morgan fingerprint density at radius 3 is 2.38 bits per heavy atom. The molecule has 1 heterocycles. The molecule has 6 aliphatic rings. The van der Waals surface area contributed by atoms with Gasteiger partial charge in [0.2, 0.25) is 5.91 Å². The molecule has 0 unspecified atom stereocenters. The van der Waals surface area contributed by atoms with E-state index in [-0.39, 0.29) is 57.0 Å². The maximum Gasteiger partial charge on any atom is 0.222 e. The topological polar surface area (TPSA) is 78.2 Å². The summed E-state index contributed by atoms with van der Waals surface area (Å²) in [6.07, 6.45) is 11.7. The zero-order chi connectivity index (χ0) is 29.0. The SMILES string of the molecule is C[C@@H]1[C@H]2[C@H]3C(=O)C=C4[C@@]5(C)C=C(C#N)C(=O)C(C)(C)[C@@H]5CC[C@@]4(C)[C@]3(C)CC[C@@]2(CN2CCCC2=O)CC[C@H]1C. The lowest BCUT2D eigenvalue weighted by Gasteiger charge is -2.70. The van der Waals surface area contributed by atoms with Crippen molar-refractivity contribution in [3.63, 3.8) is 0 Å². The largest absolute Gasteiger partial charge is 0.342 e. The molecule has 0 aromatic carbocycles. The highest BCUT2D eigenvalue weighted by Crippen LogP contribution is 2.74. The summed E-state index contributed by atoms with van der Waals surface area (Å²) < 4.78 is 0. The molecule has 0 radical (unpaired) electrons. The van der Waals surface area contributed by atoms with Crippen LogP contribution in [0.1, 0.15) is 99.8 Å². The molecule has 40 heavy (non-hydrogen) atoms. The number of Topliss-reactive ketones (excluding diaryl/α,β-unsaturated/α-hetero) is 1. The van der Waals surface area contributed by atoms with Crippen LogP contribution in [0, 0.1) is 68.0 Å². The van der Waals surface area contributed by atoms with Gasteiger partial charge < -0.3 is 4.90 Å². The van der Waals surface area contributed by atoms with Crippen LogP contribution in [0.4, 0.5) is 0 Å². The van der Waals surface area contributed by atoms with E-state index in [1.807, 2.05) is 26.0 Å². The Bertz CT molecular complexity index is 1290. The molecular weight excluding hydrogens is 496 g/mol. The third-order valence-corrected chi connectivity index (χ3v) is 14.1. The molecule has 9 atom stereocenters. The van der Waals surface area contributed by atoms with Gasteiger partial charge in [0.25, 0.3) is 0 Å². The number of ketones is 2. The molecule has 0 aromatic heterocycles. The highest BCUT2D eigenvalue weighted by Gasteiger charge is 2.70. The maximum absolute atomic E-state index is 14.7. The summed E-state index contributed by atoms with van der Waals surface area (Å²) in [5.41, 5.74) is -0.130. The van der Waals surface area contributed by atoms with E-state index in [4.69, 9.17) is 0 Å². The fourth-order valence-electron chi connectivity index (χ4n) is 11.5. The van der Waals surface area contributed by atoms with E-state index in [1.54, 1.807) is 0 Å². The van der Waals surface area contributed by atoms with E-state index in [0.29, 0.717) is 18.3 Å². The van der Waals surface area contributed by atoms with E-state index in [1.165, 1.54) is 6.42 Å². The van der Waals surface area contributed by atoms with Gasteiger partial charge in [-0.2, -0.15) is 5.26 Å². The van der Waals surface area contributed by atoms with Crippen LogP contribution in [0.3, 0.4) is 0 Å². The first-order chi connectivity index (χ1) is 18.7.